The third-order valence-corrected chi connectivity index (χ3v) is 5.31. The molecule has 2 aromatic rings. The van der Waals surface area contributed by atoms with E-state index in [1.54, 1.807) is 0 Å². The summed E-state index contributed by atoms with van der Waals surface area (Å²) < 4.78 is 0. The lowest BCUT2D eigenvalue weighted by Crippen LogP contribution is -2.46. The first-order valence-corrected chi connectivity index (χ1v) is 9.49. The standard InChI is InChI=1S/C21H25N3O2/c25-20(23-19-7-3-5-15-4-1-2-6-18(15)19)14-24-12-10-17(11-13-24)22-21(26)16-8-9-16/h1-7,16-17H,8-14H2,(H,22,26)(H,23,25). The summed E-state index contributed by atoms with van der Waals surface area (Å²) in [6.45, 7) is 2.09. The van der Waals surface area contributed by atoms with E-state index in [-0.39, 0.29) is 23.8 Å². The first-order chi connectivity index (χ1) is 12.7. The molecule has 0 unspecified atom stereocenters. The Balaban J connectivity index is 1.28. The van der Waals surface area contributed by atoms with Crippen molar-refractivity contribution >= 4 is 28.3 Å². The zero-order chi connectivity index (χ0) is 17.9. The molecule has 136 valence electrons. The Morgan fingerprint density at radius 1 is 0.962 bits per heavy atom. The third-order valence-electron chi connectivity index (χ3n) is 5.31. The maximum absolute atomic E-state index is 12.5. The zero-order valence-corrected chi connectivity index (χ0v) is 14.9. The van der Waals surface area contributed by atoms with Crippen LogP contribution in [0.3, 0.4) is 0 Å². The second-order valence-corrected chi connectivity index (χ2v) is 7.41. The third kappa shape index (κ3) is 4.05. The van der Waals surface area contributed by atoms with E-state index in [1.807, 2.05) is 42.5 Å². The van der Waals surface area contributed by atoms with Gasteiger partial charge < -0.3 is 10.6 Å². The number of anilines is 1. The van der Waals surface area contributed by atoms with E-state index in [9.17, 15) is 9.59 Å². The zero-order valence-electron chi connectivity index (χ0n) is 14.9. The van der Waals surface area contributed by atoms with Crippen molar-refractivity contribution < 1.29 is 9.59 Å². The fourth-order valence-corrected chi connectivity index (χ4v) is 3.63. The molecule has 0 radical (unpaired) electrons. The van der Waals surface area contributed by atoms with Gasteiger partial charge in [-0.05, 0) is 37.1 Å². The molecule has 4 rings (SSSR count). The van der Waals surface area contributed by atoms with E-state index in [0.717, 1.165) is 55.2 Å². The number of piperidine rings is 1. The van der Waals surface area contributed by atoms with Crippen molar-refractivity contribution in [3.8, 4) is 0 Å². The molecule has 1 saturated carbocycles. The molecule has 1 aliphatic heterocycles. The summed E-state index contributed by atoms with van der Waals surface area (Å²) in [4.78, 5) is 26.5. The van der Waals surface area contributed by atoms with Crippen LogP contribution in [0.15, 0.2) is 42.5 Å². The fourth-order valence-electron chi connectivity index (χ4n) is 3.63. The van der Waals surface area contributed by atoms with Crippen molar-refractivity contribution in [3.63, 3.8) is 0 Å². The number of hydrogen-bond donors (Lipinski definition) is 2. The van der Waals surface area contributed by atoms with E-state index >= 15 is 0 Å². The van der Waals surface area contributed by atoms with Gasteiger partial charge in [-0.3, -0.25) is 14.5 Å². The maximum atomic E-state index is 12.5. The van der Waals surface area contributed by atoms with E-state index in [4.69, 9.17) is 0 Å². The Morgan fingerprint density at radius 3 is 2.46 bits per heavy atom. The molecule has 0 aromatic heterocycles. The van der Waals surface area contributed by atoms with Crippen molar-refractivity contribution in [1.82, 2.24) is 10.2 Å². The highest BCUT2D eigenvalue weighted by atomic mass is 16.2. The molecule has 0 bridgehead atoms. The molecule has 1 saturated heterocycles. The van der Waals surface area contributed by atoms with Crippen molar-refractivity contribution in [1.29, 1.82) is 0 Å². The Hall–Kier alpha value is -2.40. The average Bonchev–Trinajstić information content (AvgIpc) is 3.49. The summed E-state index contributed by atoms with van der Waals surface area (Å²) in [6, 6.07) is 14.3. The van der Waals surface area contributed by atoms with Crippen LogP contribution in [0.4, 0.5) is 5.69 Å². The molecule has 1 aliphatic carbocycles. The minimum atomic E-state index is 0.0156. The molecule has 5 nitrogen and oxygen atoms in total. The van der Waals surface area contributed by atoms with Crippen molar-refractivity contribution in [2.75, 3.05) is 25.0 Å². The number of fused-ring (bicyclic) bond motifs is 1. The number of amides is 2. The first kappa shape index (κ1) is 17.0. The van der Waals surface area contributed by atoms with Gasteiger partial charge in [-0.1, -0.05) is 36.4 Å². The van der Waals surface area contributed by atoms with Crippen LogP contribution >= 0.6 is 0 Å². The molecule has 1 heterocycles. The minimum absolute atomic E-state index is 0.0156. The molecular formula is C21H25N3O2. The highest BCUT2D eigenvalue weighted by Gasteiger charge is 2.31. The summed E-state index contributed by atoms with van der Waals surface area (Å²) in [6.07, 6.45) is 3.91. The Bertz CT molecular complexity index is 803. The van der Waals surface area contributed by atoms with Gasteiger partial charge in [-0.15, -0.1) is 0 Å². The summed E-state index contributed by atoms with van der Waals surface area (Å²) >= 11 is 0. The number of carbonyl (C=O) groups excluding carboxylic acids is 2. The van der Waals surface area contributed by atoms with Gasteiger partial charge in [0.25, 0.3) is 0 Å². The van der Waals surface area contributed by atoms with Gasteiger partial charge in [0.05, 0.1) is 6.54 Å². The summed E-state index contributed by atoms with van der Waals surface area (Å²) in [7, 11) is 0. The van der Waals surface area contributed by atoms with E-state index in [0.29, 0.717) is 6.54 Å². The van der Waals surface area contributed by atoms with Crippen LogP contribution in [-0.4, -0.2) is 42.4 Å². The quantitative estimate of drug-likeness (QED) is 0.871. The molecule has 2 amide bonds. The summed E-state index contributed by atoms with van der Waals surface area (Å²) in [5.74, 6) is 0.499. The van der Waals surface area contributed by atoms with Crippen molar-refractivity contribution in [2.45, 2.75) is 31.7 Å². The predicted octanol–water partition coefficient (Wildman–Crippen LogP) is 2.77. The highest BCUT2D eigenvalue weighted by Crippen LogP contribution is 2.29. The molecular weight excluding hydrogens is 326 g/mol. The summed E-state index contributed by atoms with van der Waals surface area (Å²) in [5, 5.41) is 8.38. The molecule has 5 heteroatoms. The number of nitrogens with one attached hydrogen (secondary N) is 2. The van der Waals surface area contributed by atoms with Gasteiger partial charge in [0.2, 0.25) is 11.8 Å². The molecule has 26 heavy (non-hydrogen) atoms. The van der Waals surface area contributed by atoms with Crippen LogP contribution in [0.2, 0.25) is 0 Å². The topological polar surface area (TPSA) is 61.4 Å². The van der Waals surface area contributed by atoms with Crippen LogP contribution in [0, 0.1) is 5.92 Å². The van der Waals surface area contributed by atoms with Gasteiger partial charge in [0.15, 0.2) is 0 Å². The number of hydrogen-bond acceptors (Lipinski definition) is 3. The smallest absolute Gasteiger partial charge is 0.238 e. The Kier molecular flexibility index (Phi) is 4.89. The van der Waals surface area contributed by atoms with Crippen LogP contribution < -0.4 is 10.6 Å². The fraction of sp³-hybridized carbons (Fsp3) is 0.429. The SMILES string of the molecule is O=C(CN1CCC(NC(=O)C2CC2)CC1)Nc1cccc2ccccc12. The van der Waals surface area contributed by atoms with E-state index < -0.39 is 0 Å². The molecule has 0 spiro atoms. The second kappa shape index (κ2) is 7.46. The largest absolute Gasteiger partial charge is 0.353 e. The van der Waals surface area contributed by atoms with E-state index in [1.165, 1.54) is 0 Å². The van der Waals surface area contributed by atoms with Crippen LogP contribution in [0.1, 0.15) is 25.7 Å². The van der Waals surface area contributed by atoms with Crippen LogP contribution in [0.25, 0.3) is 10.8 Å². The number of nitrogens with zero attached hydrogens (tertiary/aromatic N) is 1. The molecule has 2 N–H and O–H groups in total. The number of likely N-dealkylation sites (tertiary alicyclic amines) is 1. The molecule has 0 atom stereocenters. The van der Waals surface area contributed by atoms with Crippen LogP contribution in [0.5, 0.6) is 0 Å². The Labute approximate surface area is 153 Å². The Morgan fingerprint density at radius 2 is 1.69 bits per heavy atom. The average molecular weight is 351 g/mol. The van der Waals surface area contributed by atoms with Gasteiger partial charge in [0, 0.05) is 36.1 Å². The van der Waals surface area contributed by atoms with Gasteiger partial charge in [0.1, 0.15) is 0 Å². The lowest BCUT2D eigenvalue weighted by Gasteiger charge is -2.31. The maximum Gasteiger partial charge on any atom is 0.238 e. The van der Waals surface area contributed by atoms with Gasteiger partial charge in [-0.2, -0.15) is 0 Å². The number of carbonyl (C=O) groups is 2. The number of rotatable bonds is 5. The summed E-state index contributed by atoms with van der Waals surface area (Å²) in [5.41, 5.74) is 0.861. The van der Waals surface area contributed by atoms with Crippen LogP contribution in [-0.2, 0) is 9.59 Å². The molecule has 2 aromatic carbocycles. The second-order valence-electron chi connectivity index (χ2n) is 7.41. The normalized spacial score (nSPS) is 18.6. The predicted molar refractivity (Wildman–Crippen MR) is 103 cm³/mol. The van der Waals surface area contributed by atoms with Gasteiger partial charge >= 0.3 is 0 Å². The minimum Gasteiger partial charge on any atom is -0.353 e. The van der Waals surface area contributed by atoms with Crippen molar-refractivity contribution in [3.05, 3.63) is 42.5 Å². The van der Waals surface area contributed by atoms with Crippen molar-refractivity contribution in [2.24, 2.45) is 5.92 Å². The highest BCUT2D eigenvalue weighted by molar-refractivity contribution is 6.02. The lowest BCUT2D eigenvalue weighted by molar-refractivity contribution is -0.123. The van der Waals surface area contributed by atoms with Gasteiger partial charge in [-0.25, -0.2) is 0 Å². The molecule has 2 fully saturated rings. The van der Waals surface area contributed by atoms with E-state index in [2.05, 4.69) is 15.5 Å². The number of benzene rings is 2. The monoisotopic (exact) mass is 351 g/mol. The lowest BCUT2D eigenvalue weighted by atomic mass is 10.0. The first-order valence-electron chi connectivity index (χ1n) is 9.49. The molecule has 2 aliphatic rings.